The van der Waals surface area contributed by atoms with Crippen molar-refractivity contribution in [3.05, 3.63) is 50.9 Å². The number of amides is 1. The molecule has 1 aromatic carbocycles. The highest BCUT2D eigenvalue weighted by atomic mass is 35.5. The fourth-order valence-electron chi connectivity index (χ4n) is 2.08. The average molecular weight is 360 g/mol. The van der Waals surface area contributed by atoms with E-state index in [9.17, 15) is 10.1 Å². The minimum Gasteiger partial charge on any atom is -0.325 e. The largest absolute Gasteiger partial charge is 0.325 e. The summed E-state index contributed by atoms with van der Waals surface area (Å²) < 4.78 is 0. The van der Waals surface area contributed by atoms with Crippen LogP contribution in [-0.4, -0.2) is 10.9 Å². The maximum absolute atomic E-state index is 11.6. The molecule has 0 aliphatic heterocycles. The van der Waals surface area contributed by atoms with Crippen molar-refractivity contribution >= 4 is 40.1 Å². The Morgan fingerprint density at radius 2 is 2.00 bits per heavy atom. The van der Waals surface area contributed by atoms with E-state index in [4.69, 9.17) is 11.6 Å². The molecule has 0 saturated carbocycles. The Morgan fingerprint density at radius 3 is 2.50 bits per heavy atom. The van der Waals surface area contributed by atoms with Crippen molar-refractivity contribution in [1.29, 1.82) is 5.26 Å². The van der Waals surface area contributed by atoms with Gasteiger partial charge in [0, 0.05) is 28.3 Å². The topological polar surface area (TPSA) is 65.8 Å². The zero-order chi connectivity index (χ0) is 17.9. The van der Waals surface area contributed by atoms with Crippen molar-refractivity contribution in [2.75, 3.05) is 0 Å². The highest BCUT2D eigenvalue weighted by Crippen LogP contribution is 2.32. The molecule has 24 heavy (non-hydrogen) atoms. The van der Waals surface area contributed by atoms with Crippen molar-refractivity contribution in [2.45, 2.75) is 33.1 Å². The summed E-state index contributed by atoms with van der Waals surface area (Å²) in [5.74, 6) is -0.274. The first kappa shape index (κ1) is 18.2. The molecule has 0 unspecified atom stereocenters. The molecule has 0 aliphatic carbocycles. The van der Waals surface area contributed by atoms with Gasteiger partial charge in [0.25, 0.3) is 0 Å². The Balaban J connectivity index is 2.67. The van der Waals surface area contributed by atoms with E-state index in [2.05, 4.69) is 37.1 Å². The van der Waals surface area contributed by atoms with E-state index in [1.54, 1.807) is 24.3 Å². The molecule has 0 saturated heterocycles. The molecular weight excluding hydrogens is 342 g/mol. The number of benzene rings is 1. The lowest BCUT2D eigenvalue weighted by Crippen LogP contribution is -2.20. The van der Waals surface area contributed by atoms with Gasteiger partial charge in [-0.3, -0.25) is 4.79 Å². The number of nitriles is 1. The van der Waals surface area contributed by atoms with Crippen LogP contribution in [0.4, 0.5) is 0 Å². The van der Waals surface area contributed by atoms with Crippen LogP contribution in [0.5, 0.6) is 0 Å². The van der Waals surface area contributed by atoms with Crippen molar-refractivity contribution in [1.82, 2.24) is 10.3 Å². The first-order chi connectivity index (χ1) is 11.2. The van der Waals surface area contributed by atoms with Gasteiger partial charge in [-0.05, 0) is 6.07 Å². The maximum atomic E-state index is 11.6. The number of carbonyl (C=O) groups is 1. The Hall–Kier alpha value is -2.16. The number of hydrogen-bond donors (Lipinski definition) is 1. The minimum absolute atomic E-state index is 0.109. The molecule has 124 valence electrons. The summed E-state index contributed by atoms with van der Waals surface area (Å²) in [7, 11) is 0. The average Bonchev–Trinajstić information content (AvgIpc) is 2.97. The number of allylic oxidation sites excluding steroid dienone is 1. The van der Waals surface area contributed by atoms with E-state index in [0.717, 1.165) is 5.01 Å². The summed E-state index contributed by atoms with van der Waals surface area (Å²) >= 11 is 7.75. The third-order valence-electron chi connectivity index (χ3n) is 3.21. The standard InChI is InChI=1S/C18H18ClN3OS/c1-11(23)21-16(12-7-5-6-8-14(12)19)13(9-20)15-10-24-17(22-15)18(2,3)4/h5-8,10H,1-4H3,(H,21,23). The lowest BCUT2D eigenvalue weighted by molar-refractivity contribution is -0.117. The smallest absolute Gasteiger partial charge is 0.221 e. The highest BCUT2D eigenvalue weighted by Gasteiger charge is 2.22. The molecule has 0 atom stereocenters. The second kappa shape index (κ2) is 7.16. The van der Waals surface area contributed by atoms with Gasteiger partial charge < -0.3 is 5.32 Å². The van der Waals surface area contributed by atoms with Crippen LogP contribution in [0, 0.1) is 11.3 Å². The Kier molecular flexibility index (Phi) is 5.43. The quantitative estimate of drug-likeness (QED) is 0.813. The van der Waals surface area contributed by atoms with Gasteiger partial charge in [0.15, 0.2) is 0 Å². The van der Waals surface area contributed by atoms with Crippen LogP contribution in [-0.2, 0) is 10.2 Å². The lowest BCUT2D eigenvalue weighted by Gasteiger charge is -2.14. The summed E-state index contributed by atoms with van der Waals surface area (Å²) in [5, 5.41) is 15.6. The Morgan fingerprint density at radius 1 is 1.33 bits per heavy atom. The van der Waals surface area contributed by atoms with Gasteiger partial charge in [0.1, 0.15) is 11.6 Å². The van der Waals surface area contributed by atoms with Crippen LogP contribution in [0.25, 0.3) is 11.3 Å². The highest BCUT2D eigenvalue weighted by molar-refractivity contribution is 7.10. The molecule has 2 rings (SSSR count). The molecule has 1 heterocycles. The molecule has 6 heteroatoms. The number of thiazole rings is 1. The van der Waals surface area contributed by atoms with Crippen molar-refractivity contribution in [3.8, 4) is 6.07 Å². The third kappa shape index (κ3) is 4.02. The molecule has 0 radical (unpaired) electrons. The van der Waals surface area contributed by atoms with E-state index in [1.807, 2.05) is 5.38 Å². The van der Waals surface area contributed by atoms with Crippen LogP contribution < -0.4 is 5.32 Å². The van der Waals surface area contributed by atoms with Crippen LogP contribution in [0.15, 0.2) is 29.6 Å². The summed E-state index contributed by atoms with van der Waals surface area (Å²) in [6.07, 6.45) is 0. The number of nitrogens with one attached hydrogen (secondary N) is 1. The molecule has 1 amide bonds. The predicted molar refractivity (Wildman–Crippen MR) is 98.5 cm³/mol. The Bertz CT molecular complexity index is 840. The van der Waals surface area contributed by atoms with E-state index in [1.165, 1.54) is 18.3 Å². The fourth-order valence-corrected chi connectivity index (χ4v) is 3.21. The number of carbonyl (C=O) groups excluding carboxylic acids is 1. The lowest BCUT2D eigenvalue weighted by atomic mass is 9.98. The van der Waals surface area contributed by atoms with Crippen LogP contribution in [0.1, 0.15) is 44.0 Å². The maximum Gasteiger partial charge on any atom is 0.221 e. The van der Waals surface area contributed by atoms with Gasteiger partial charge >= 0.3 is 0 Å². The summed E-state index contributed by atoms with van der Waals surface area (Å²) in [5.41, 5.74) is 1.70. The van der Waals surface area contributed by atoms with Gasteiger partial charge in [-0.15, -0.1) is 11.3 Å². The van der Waals surface area contributed by atoms with Gasteiger partial charge in [0.2, 0.25) is 5.91 Å². The number of aromatic nitrogens is 1. The van der Waals surface area contributed by atoms with Crippen molar-refractivity contribution < 1.29 is 4.79 Å². The Labute approximate surface area is 150 Å². The second-order valence-electron chi connectivity index (χ2n) is 6.31. The first-order valence-corrected chi connectivity index (χ1v) is 8.63. The van der Waals surface area contributed by atoms with Crippen LogP contribution >= 0.6 is 22.9 Å². The number of rotatable bonds is 3. The molecule has 4 nitrogen and oxygen atoms in total. The molecule has 0 bridgehead atoms. The van der Waals surface area contributed by atoms with E-state index in [0.29, 0.717) is 27.6 Å². The monoisotopic (exact) mass is 359 g/mol. The number of halogens is 1. The fraction of sp³-hybridized carbons (Fsp3) is 0.278. The van der Waals surface area contributed by atoms with Crippen molar-refractivity contribution in [2.24, 2.45) is 0 Å². The number of nitrogens with zero attached hydrogens (tertiary/aromatic N) is 2. The van der Waals surface area contributed by atoms with E-state index < -0.39 is 0 Å². The van der Waals surface area contributed by atoms with Gasteiger partial charge in [-0.1, -0.05) is 50.6 Å². The molecule has 2 aromatic rings. The second-order valence-corrected chi connectivity index (χ2v) is 7.58. The normalized spacial score (nSPS) is 12.3. The van der Waals surface area contributed by atoms with E-state index >= 15 is 0 Å². The molecule has 0 aliphatic rings. The zero-order valence-corrected chi connectivity index (χ0v) is 15.5. The summed E-state index contributed by atoms with van der Waals surface area (Å²) in [6.45, 7) is 7.59. The minimum atomic E-state index is -0.274. The van der Waals surface area contributed by atoms with E-state index in [-0.39, 0.29) is 11.3 Å². The van der Waals surface area contributed by atoms with Crippen LogP contribution in [0.3, 0.4) is 0 Å². The number of hydrogen-bond acceptors (Lipinski definition) is 4. The summed E-state index contributed by atoms with van der Waals surface area (Å²) in [4.78, 5) is 16.2. The zero-order valence-electron chi connectivity index (χ0n) is 14.0. The molecule has 0 spiro atoms. The summed E-state index contributed by atoms with van der Waals surface area (Å²) in [6, 6.07) is 9.25. The van der Waals surface area contributed by atoms with Crippen LogP contribution in [0.2, 0.25) is 5.02 Å². The first-order valence-electron chi connectivity index (χ1n) is 7.37. The van der Waals surface area contributed by atoms with Gasteiger partial charge in [-0.25, -0.2) is 4.98 Å². The predicted octanol–water partition coefficient (Wildman–Crippen LogP) is 4.62. The molecule has 1 N–H and O–H groups in total. The third-order valence-corrected chi connectivity index (χ3v) is 4.81. The molecular formula is C18H18ClN3OS. The molecule has 0 fully saturated rings. The van der Waals surface area contributed by atoms with Gasteiger partial charge in [0.05, 0.1) is 16.4 Å². The molecule has 1 aromatic heterocycles. The van der Waals surface area contributed by atoms with Crippen molar-refractivity contribution in [3.63, 3.8) is 0 Å². The van der Waals surface area contributed by atoms with Gasteiger partial charge in [-0.2, -0.15) is 5.26 Å². The SMILES string of the molecule is CC(=O)NC(=C(C#N)c1csc(C(C)(C)C)n1)c1ccccc1Cl.